The molecule has 0 unspecified atom stereocenters. The monoisotopic (exact) mass is 369 g/mol. The largest absolute Gasteiger partial charge is 0.450 e. The first kappa shape index (κ1) is 18.6. The molecule has 0 spiro atoms. The summed E-state index contributed by atoms with van der Waals surface area (Å²) in [5.41, 5.74) is 2.34. The van der Waals surface area contributed by atoms with Crippen LogP contribution in [-0.4, -0.2) is 64.8 Å². The van der Waals surface area contributed by atoms with Crippen molar-refractivity contribution in [3.63, 3.8) is 0 Å². The number of amides is 2. The molecule has 2 amide bonds. The maximum absolute atomic E-state index is 12.6. The molecule has 8 heteroatoms. The van der Waals surface area contributed by atoms with Gasteiger partial charge >= 0.3 is 6.09 Å². The average molecular weight is 369 g/mol. The van der Waals surface area contributed by atoms with Gasteiger partial charge in [-0.3, -0.25) is 4.79 Å². The van der Waals surface area contributed by atoms with E-state index in [-0.39, 0.29) is 17.7 Å². The summed E-state index contributed by atoms with van der Waals surface area (Å²) in [6, 6.07) is 11.3. The zero-order valence-corrected chi connectivity index (χ0v) is 15.5. The lowest BCUT2D eigenvalue weighted by molar-refractivity contribution is 0.0565. The van der Waals surface area contributed by atoms with Crippen LogP contribution in [0.1, 0.15) is 23.0 Å². The lowest BCUT2D eigenvalue weighted by atomic mass is 10.2. The van der Waals surface area contributed by atoms with E-state index in [0.29, 0.717) is 38.6 Å². The molecule has 2 aromatic rings. The number of aryl methyl sites for hydroxylation is 1. The quantitative estimate of drug-likeness (QED) is 0.891. The number of hydrogen-bond acceptors (Lipinski definition) is 6. The number of aromatic nitrogens is 2. The summed E-state index contributed by atoms with van der Waals surface area (Å²) in [5, 5.41) is 11.3. The Bertz CT molecular complexity index is 801. The SMILES string of the molecule is CCOC(=O)N1CCN(C(=O)c2ccc(Nc3cccc(C)c3)nn2)CC1. The number of carbonyl (C=O) groups is 2. The van der Waals surface area contributed by atoms with Crippen molar-refractivity contribution < 1.29 is 14.3 Å². The fraction of sp³-hybridized carbons (Fsp3) is 0.368. The molecule has 8 nitrogen and oxygen atoms in total. The third kappa shape index (κ3) is 4.72. The lowest BCUT2D eigenvalue weighted by Gasteiger charge is -2.33. The van der Waals surface area contributed by atoms with Gasteiger partial charge in [-0.05, 0) is 43.7 Å². The van der Waals surface area contributed by atoms with E-state index in [4.69, 9.17) is 4.74 Å². The first-order valence-corrected chi connectivity index (χ1v) is 8.95. The van der Waals surface area contributed by atoms with Crippen molar-refractivity contribution in [3.8, 4) is 0 Å². The molecule has 0 bridgehead atoms. The van der Waals surface area contributed by atoms with E-state index in [2.05, 4.69) is 15.5 Å². The van der Waals surface area contributed by atoms with Crippen molar-refractivity contribution in [1.82, 2.24) is 20.0 Å². The lowest BCUT2D eigenvalue weighted by Crippen LogP contribution is -2.50. The van der Waals surface area contributed by atoms with Crippen LogP contribution in [0.4, 0.5) is 16.3 Å². The first-order valence-electron chi connectivity index (χ1n) is 8.95. The first-order chi connectivity index (χ1) is 13.1. The molecule has 142 valence electrons. The van der Waals surface area contributed by atoms with Crippen molar-refractivity contribution >= 4 is 23.5 Å². The number of ether oxygens (including phenoxy) is 1. The maximum Gasteiger partial charge on any atom is 0.409 e. The summed E-state index contributed by atoms with van der Waals surface area (Å²) in [7, 11) is 0. The van der Waals surface area contributed by atoms with Crippen LogP contribution >= 0.6 is 0 Å². The smallest absolute Gasteiger partial charge is 0.409 e. The zero-order chi connectivity index (χ0) is 19.2. The van der Waals surface area contributed by atoms with Crippen molar-refractivity contribution in [2.45, 2.75) is 13.8 Å². The predicted octanol–water partition coefficient (Wildman–Crippen LogP) is 2.44. The minimum Gasteiger partial charge on any atom is -0.450 e. The molecule has 27 heavy (non-hydrogen) atoms. The van der Waals surface area contributed by atoms with Gasteiger partial charge in [0.1, 0.15) is 0 Å². The van der Waals surface area contributed by atoms with Crippen LogP contribution in [0.3, 0.4) is 0 Å². The summed E-state index contributed by atoms with van der Waals surface area (Å²) >= 11 is 0. The Labute approximate surface area is 158 Å². The maximum atomic E-state index is 12.6. The van der Waals surface area contributed by atoms with Gasteiger partial charge < -0.3 is 19.9 Å². The Kier molecular flexibility index (Phi) is 5.85. The highest BCUT2D eigenvalue weighted by molar-refractivity contribution is 5.92. The molecule has 1 aliphatic heterocycles. The van der Waals surface area contributed by atoms with Crippen LogP contribution in [0.25, 0.3) is 0 Å². The standard InChI is InChI=1S/C19H23N5O3/c1-3-27-19(26)24-11-9-23(10-12-24)18(25)16-7-8-17(22-21-16)20-15-6-4-5-14(2)13-15/h4-8,13H,3,9-12H2,1-2H3,(H,20,22). The minimum absolute atomic E-state index is 0.187. The molecule has 3 rings (SSSR count). The Morgan fingerprint density at radius 2 is 1.81 bits per heavy atom. The second-order valence-electron chi connectivity index (χ2n) is 6.28. The van der Waals surface area contributed by atoms with Crippen LogP contribution in [0, 0.1) is 6.92 Å². The van der Waals surface area contributed by atoms with Crippen molar-refractivity contribution in [2.24, 2.45) is 0 Å². The highest BCUT2D eigenvalue weighted by Gasteiger charge is 2.26. The van der Waals surface area contributed by atoms with Gasteiger partial charge in [0.05, 0.1) is 6.61 Å². The van der Waals surface area contributed by atoms with Gasteiger partial charge in [-0.2, -0.15) is 0 Å². The second kappa shape index (κ2) is 8.48. The van der Waals surface area contributed by atoms with Gasteiger partial charge in [-0.25, -0.2) is 4.79 Å². The summed E-state index contributed by atoms with van der Waals surface area (Å²) in [6.07, 6.45) is -0.337. The fourth-order valence-corrected chi connectivity index (χ4v) is 2.85. The summed E-state index contributed by atoms with van der Waals surface area (Å²) in [4.78, 5) is 27.6. The highest BCUT2D eigenvalue weighted by Crippen LogP contribution is 2.16. The summed E-state index contributed by atoms with van der Waals surface area (Å²) < 4.78 is 4.99. The number of nitrogens with zero attached hydrogens (tertiary/aromatic N) is 4. The topological polar surface area (TPSA) is 87.7 Å². The van der Waals surface area contributed by atoms with Crippen LogP contribution in [-0.2, 0) is 4.74 Å². The molecule has 1 saturated heterocycles. The van der Waals surface area contributed by atoms with E-state index < -0.39 is 0 Å². The molecule has 1 aliphatic rings. The van der Waals surface area contributed by atoms with E-state index in [1.807, 2.05) is 31.2 Å². The molecule has 1 N–H and O–H groups in total. The van der Waals surface area contributed by atoms with Gasteiger partial charge in [-0.15, -0.1) is 10.2 Å². The Morgan fingerprint density at radius 3 is 2.44 bits per heavy atom. The van der Waals surface area contributed by atoms with Crippen LogP contribution < -0.4 is 5.32 Å². The predicted molar refractivity (Wildman–Crippen MR) is 101 cm³/mol. The molecule has 1 aromatic carbocycles. The number of benzene rings is 1. The molecule has 1 aromatic heterocycles. The molecule has 0 saturated carbocycles. The van der Waals surface area contributed by atoms with E-state index in [1.54, 1.807) is 28.9 Å². The highest BCUT2D eigenvalue weighted by atomic mass is 16.6. The summed E-state index contributed by atoms with van der Waals surface area (Å²) in [6.45, 7) is 5.92. The zero-order valence-electron chi connectivity index (χ0n) is 15.5. The minimum atomic E-state index is -0.337. The second-order valence-corrected chi connectivity index (χ2v) is 6.28. The van der Waals surface area contributed by atoms with Crippen molar-refractivity contribution in [1.29, 1.82) is 0 Å². The Morgan fingerprint density at radius 1 is 1.07 bits per heavy atom. The van der Waals surface area contributed by atoms with E-state index >= 15 is 0 Å². The molecular formula is C19H23N5O3. The van der Waals surface area contributed by atoms with Crippen LogP contribution in [0.2, 0.25) is 0 Å². The van der Waals surface area contributed by atoms with Gasteiger partial charge in [0.25, 0.3) is 5.91 Å². The van der Waals surface area contributed by atoms with E-state index in [0.717, 1.165) is 11.3 Å². The molecule has 0 radical (unpaired) electrons. The molecule has 0 aliphatic carbocycles. The van der Waals surface area contributed by atoms with Gasteiger partial charge in [0, 0.05) is 31.9 Å². The molecule has 2 heterocycles. The Hall–Kier alpha value is -3.16. The fourth-order valence-electron chi connectivity index (χ4n) is 2.85. The van der Waals surface area contributed by atoms with Gasteiger partial charge in [0.15, 0.2) is 11.5 Å². The molecule has 0 atom stereocenters. The number of nitrogens with one attached hydrogen (secondary N) is 1. The number of rotatable bonds is 4. The van der Waals surface area contributed by atoms with Crippen LogP contribution in [0.15, 0.2) is 36.4 Å². The van der Waals surface area contributed by atoms with Gasteiger partial charge in [-0.1, -0.05) is 12.1 Å². The molecular weight excluding hydrogens is 346 g/mol. The Balaban J connectivity index is 1.57. The number of anilines is 2. The number of hydrogen-bond donors (Lipinski definition) is 1. The van der Waals surface area contributed by atoms with Crippen LogP contribution in [0.5, 0.6) is 0 Å². The van der Waals surface area contributed by atoms with Crippen molar-refractivity contribution in [2.75, 3.05) is 38.1 Å². The third-order valence-electron chi connectivity index (χ3n) is 4.27. The number of carbonyl (C=O) groups excluding carboxylic acids is 2. The van der Waals surface area contributed by atoms with E-state index in [1.165, 1.54) is 0 Å². The van der Waals surface area contributed by atoms with Gasteiger partial charge in [0.2, 0.25) is 0 Å². The molecule has 1 fully saturated rings. The van der Waals surface area contributed by atoms with Crippen molar-refractivity contribution in [3.05, 3.63) is 47.7 Å². The average Bonchev–Trinajstić information content (AvgIpc) is 2.68. The normalized spacial score (nSPS) is 14.0. The summed E-state index contributed by atoms with van der Waals surface area (Å²) in [5.74, 6) is 0.386. The van der Waals surface area contributed by atoms with E-state index in [9.17, 15) is 9.59 Å². The number of piperazine rings is 1. The third-order valence-corrected chi connectivity index (χ3v) is 4.27.